The minimum absolute atomic E-state index is 0.0615. The van der Waals surface area contributed by atoms with E-state index in [0.717, 1.165) is 75.9 Å². The van der Waals surface area contributed by atoms with E-state index in [4.69, 9.17) is 14.2 Å². The van der Waals surface area contributed by atoms with Gasteiger partial charge in [-0.15, -0.1) is 23.5 Å². The first-order valence-electron chi connectivity index (χ1n) is 14.2. The highest BCUT2D eigenvalue weighted by molar-refractivity contribution is 8.22. The number of fused-ring (bicyclic) bond motifs is 7. The summed E-state index contributed by atoms with van der Waals surface area (Å²) in [6, 6.07) is 0. The molecule has 0 aromatic rings. The number of hydrogen-bond acceptors (Lipinski definition) is 7. The fourth-order valence-electron chi connectivity index (χ4n) is 9.78. The van der Waals surface area contributed by atoms with Gasteiger partial charge in [0.05, 0.1) is 12.7 Å². The van der Waals surface area contributed by atoms with Crippen LogP contribution in [-0.2, 0) is 23.8 Å². The van der Waals surface area contributed by atoms with Crippen molar-refractivity contribution in [3.8, 4) is 0 Å². The van der Waals surface area contributed by atoms with Crippen LogP contribution in [0.1, 0.15) is 78.6 Å². The van der Waals surface area contributed by atoms with Gasteiger partial charge in [0.1, 0.15) is 9.68 Å². The molecule has 36 heavy (non-hydrogen) atoms. The van der Waals surface area contributed by atoms with Gasteiger partial charge in [0.25, 0.3) is 0 Å². The van der Waals surface area contributed by atoms with E-state index in [1.165, 1.54) is 5.57 Å². The number of hydrogen-bond donors (Lipinski definition) is 0. The topological polar surface area (TPSA) is 61.8 Å². The third kappa shape index (κ3) is 3.37. The number of carbonyl (C=O) groups is 2. The molecule has 3 heterocycles. The monoisotopic (exact) mass is 532 g/mol. The zero-order chi connectivity index (χ0) is 24.9. The van der Waals surface area contributed by atoms with Crippen LogP contribution in [-0.4, -0.2) is 51.4 Å². The molecule has 3 saturated heterocycles. The van der Waals surface area contributed by atoms with Crippen molar-refractivity contribution in [1.29, 1.82) is 0 Å². The summed E-state index contributed by atoms with van der Waals surface area (Å²) in [5.74, 6) is 4.07. The summed E-state index contributed by atoms with van der Waals surface area (Å²) in [6.07, 6.45) is 11.1. The highest BCUT2D eigenvalue weighted by Crippen LogP contribution is 2.69. The van der Waals surface area contributed by atoms with Crippen molar-refractivity contribution >= 4 is 35.3 Å². The Bertz CT molecular complexity index is 996. The molecule has 9 atom stereocenters. The molecule has 5 nitrogen and oxygen atoms in total. The fourth-order valence-corrected chi connectivity index (χ4v) is 13.1. The number of ether oxygens (including phenoxy) is 3. The van der Waals surface area contributed by atoms with Crippen molar-refractivity contribution < 1.29 is 23.8 Å². The summed E-state index contributed by atoms with van der Waals surface area (Å²) >= 11 is 3.77. The zero-order valence-corrected chi connectivity index (χ0v) is 23.5. The molecule has 0 bridgehead atoms. The Labute approximate surface area is 223 Å². The normalized spacial score (nSPS) is 50.9. The number of rotatable bonds is 1. The second-order valence-corrected chi connectivity index (χ2v) is 16.2. The van der Waals surface area contributed by atoms with Gasteiger partial charge in [0.2, 0.25) is 0 Å². The number of allylic oxidation sites excluding steroid dienone is 1. The van der Waals surface area contributed by atoms with Gasteiger partial charge in [0, 0.05) is 43.1 Å². The molecule has 3 saturated carbocycles. The second kappa shape index (κ2) is 8.25. The maximum Gasteiger partial charge on any atom is 0.303 e. The summed E-state index contributed by atoms with van der Waals surface area (Å²) < 4.78 is 19.3. The fraction of sp³-hybridized carbons (Fsp3) is 0.862. The first kappa shape index (κ1) is 24.5. The van der Waals surface area contributed by atoms with E-state index >= 15 is 0 Å². The highest BCUT2D eigenvalue weighted by atomic mass is 32.2. The molecule has 0 N–H and O–H groups in total. The summed E-state index contributed by atoms with van der Waals surface area (Å²) in [7, 11) is 0. The third-order valence-electron chi connectivity index (χ3n) is 11.3. The number of ketones is 1. The molecular weight excluding hydrogens is 492 g/mol. The van der Waals surface area contributed by atoms with Gasteiger partial charge in [-0.05, 0) is 74.2 Å². The average Bonchev–Trinajstić information content (AvgIpc) is 3.51. The minimum Gasteiger partial charge on any atom is -0.459 e. The van der Waals surface area contributed by atoms with Crippen LogP contribution >= 0.6 is 23.5 Å². The quantitative estimate of drug-likeness (QED) is 0.398. The van der Waals surface area contributed by atoms with Gasteiger partial charge in [-0.3, -0.25) is 9.59 Å². The van der Waals surface area contributed by atoms with Gasteiger partial charge < -0.3 is 14.2 Å². The van der Waals surface area contributed by atoms with Crippen LogP contribution in [0.3, 0.4) is 0 Å². The van der Waals surface area contributed by atoms with Crippen molar-refractivity contribution in [2.45, 2.75) is 100 Å². The van der Waals surface area contributed by atoms with E-state index in [1.807, 2.05) is 23.5 Å². The molecule has 0 aromatic heterocycles. The van der Waals surface area contributed by atoms with E-state index in [2.05, 4.69) is 19.9 Å². The summed E-state index contributed by atoms with van der Waals surface area (Å²) in [4.78, 5) is 25.8. The Kier molecular flexibility index (Phi) is 5.62. The largest absolute Gasteiger partial charge is 0.459 e. The zero-order valence-electron chi connectivity index (χ0n) is 21.9. The minimum atomic E-state index is -0.474. The van der Waals surface area contributed by atoms with Crippen LogP contribution in [0.2, 0.25) is 0 Å². The van der Waals surface area contributed by atoms with Crippen LogP contribution in [0, 0.1) is 35.0 Å². The van der Waals surface area contributed by atoms with Crippen LogP contribution in [0.5, 0.6) is 0 Å². The van der Waals surface area contributed by atoms with Crippen LogP contribution in [0.4, 0.5) is 0 Å². The molecule has 2 spiro atoms. The molecule has 0 radical (unpaired) electrons. The third-order valence-corrected chi connectivity index (χ3v) is 14.7. The Balaban J connectivity index is 1.20. The van der Waals surface area contributed by atoms with Gasteiger partial charge in [-0.1, -0.05) is 19.4 Å². The lowest BCUT2D eigenvalue weighted by Gasteiger charge is -2.59. The standard InChI is InChI=1S/C29H40O5S2/c1-17-6-8-27(32-15-17)14-23-24(34-27)13-22-20-5-4-19-12-25(31)29(35-10-11-36-29)16-26(19,3)21(20)7-9-28(22,23)33-18(2)30/h12,17,20-24H,4-11,13-16H2,1-3H3. The van der Waals surface area contributed by atoms with Crippen molar-refractivity contribution in [2.24, 2.45) is 35.0 Å². The first-order valence-corrected chi connectivity index (χ1v) is 16.2. The van der Waals surface area contributed by atoms with Crippen LogP contribution in [0.25, 0.3) is 0 Å². The van der Waals surface area contributed by atoms with Crippen LogP contribution < -0.4 is 0 Å². The molecule has 0 amide bonds. The Morgan fingerprint density at radius 3 is 2.64 bits per heavy atom. The van der Waals surface area contributed by atoms with Crippen molar-refractivity contribution in [3.63, 3.8) is 0 Å². The molecule has 0 aromatic carbocycles. The van der Waals surface area contributed by atoms with E-state index < -0.39 is 11.4 Å². The number of thioether (sulfide) groups is 2. The highest BCUT2D eigenvalue weighted by Gasteiger charge is 2.70. The van der Waals surface area contributed by atoms with E-state index in [9.17, 15) is 9.59 Å². The predicted molar refractivity (Wildman–Crippen MR) is 142 cm³/mol. The SMILES string of the molecule is CC(=O)OC12CCC3C(CCC4=CC(=O)C5(CC43C)SCCS5)C1CC1OC3(CCC(C)CO3)CC12. The lowest BCUT2D eigenvalue weighted by molar-refractivity contribution is -0.257. The summed E-state index contributed by atoms with van der Waals surface area (Å²) in [5.41, 5.74) is 1.03. The molecule has 3 aliphatic heterocycles. The molecule has 7 aliphatic rings. The van der Waals surface area contributed by atoms with E-state index in [-0.39, 0.29) is 27.5 Å². The Hall–Kier alpha value is -0.500. The predicted octanol–water partition coefficient (Wildman–Crippen LogP) is 5.76. The second-order valence-electron chi connectivity index (χ2n) is 13.1. The molecule has 198 valence electrons. The number of carbonyl (C=O) groups excluding carboxylic acids is 2. The lowest BCUT2D eigenvalue weighted by Crippen LogP contribution is -2.58. The Morgan fingerprint density at radius 1 is 1.11 bits per heavy atom. The molecule has 7 rings (SSSR count). The average molecular weight is 533 g/mol. The molecule has 6 fully saturated rings. The maximum atomic E-state index is 13.2. The van der Waals surface area contributed by atoms with Gasteiger partial charge in [-0.25, -0.2) is 0 Å². The maximum absolute atomic E-state index is 13.2. The van der Waals surface area contributed by atoms with Crippen molar-refractivity contribution in [3.05, 3.63) is 11.6 Å². The van der Waals surface area contributed by atoms with Gasteiger partial charge in [0.15, 0.2) is 11.6 Å². The van der Waals surface area contributed by atoms with Gasteiger partial charge >= 0.3 is 5.97 Å². The first-order chi connectivity index (χ1) is 17.2. The van der Waals surface area contributed by atoms with Crippen LogP contribution in [0.15, 0.2) is 11.6 Å². The molecule has 9 unspecified atom stereocenters. The Morgan fingerprint density at radius 2 is 1.92 bits per heavy atom. The molecule has 7 heteroatoms. The van der Waals surface area contributed by atoms with Gasteiger partial charge in [-0.2, -0.15) is 0 Å². The lowest BCUT2D eigenvalue weighted by atomic mass is 9.48. The molecular formula is C29H40O5S2. The van der Waals surface area contributed by atoms with Crippen molar-refractivity contribution in [2.75, 3.05) is 18.1 Å². The summed E-state index contributed by atoms with van der Waals surface area (Å²) in [5, 5.41) is 0. The van der Waals surface area contributed by atoms with Crippen molar-refractivity contribution in [1.82, 2.24) is 0 Å². The molecule has 4 aliphatic carbocycles. The number of esters is 1. The van der Waals surface area contributed by atoms with E-state index in [0.29, 0.717) is 29.5 Å². The smallest absolute Gasteiger partial charge is 0.303 e. The summed E-state index contributed by atoms with van der Waals surface area (Å²) in [6.45, 7) is 7.06. The van der Waals surface area contributed by atoms with E-state index in [1.54, 1.807) is 6.92 Å².